The lowest BCUT2D eigenvalue weighted by Gasteiger charge is -2.62. The molecular formula is C24H45NO. The van der Waals surface area contributed by atoms with Crippen molar-refractivity contribution in [2.75, 3.05) is 0 Å². The maximum Gasteiger partial charge on any atom is 0.0896 e. The van der Waals surface area contributed by atoms with Gasteiger partial charge in [-0.25, -0.2) is 0 Å². The minimum absolute atomic E-state index is 0. The zero-order valence-electron chi connectivity index (χ0n) is 17.3. The summed E-state index contributed by atoms with van der Waals surface area (Å²) < 4.78 is 1.67. The Morgan fingerprint density at radius 2 is 0.500 bits per heavy atom. The van der Waals surface area contributed by atoms with Crippen LogP contribution >= 0.6 is 0 Å². The summed E-state index contributed by atoms with van der Waals surface area (Å²) in [7, 11) is 0. The second-order valence-electron chi connectivity index (χ2n) is 10.1. The molecule has 4 rings (SSSR count). The van der Waals surface area contributed by atoms with Gasteiger partial charge in [0.15, 0.2) is 0 Å². The lowest BCUT2D eigenvalue weighted by atomic mass is 9.76. The molecule has 0 radical (unpaired) electrons. The van der Waals surface area contributed by atoms with Gasteiger partial charge in [-0.05, 0) is 103 Å². The largest absolute Gasteiger partial charge is 0.870 e. The molecule has 0 aromatic carbocycles. The van der Waals surface area contributed by atoms with Gasteiger partial charge in [-0.3, -0.25) is 0 Å². The summed E-state index contributed by atoms with van der Waals surface area (Å²) in [5.41, 5.74) is 0. The van der Waals surface area contributed by atoms with Crippen LogP contribution in [0.1, 0.15) is 128 Å². The molecule has 0 saturated heterocycles. The molecule has 2 heteroatoms. The van der Waals surface area contributed by atoms with Gasteiger partial charge >= 0.3 is 0 Å². The Bertz CT molecular complexity index is 308. The third kappa shape index (κ3) is 4.02. The highest BCUT2D eigenvalue weighted by molar-refractivity contribution is 4.85. The first-order valence-corrected chi connectivity index (χ1v) is 12.3. The van der Waals surface area contributed by atoms with Gasteiger partial charge in [-0.2, -0.15) is 0 Å². The SMILES string of the molecule is C1CCC([N+](C2CCCCC2)(C2CCCCC2)C2CCCCC2)CC1.[OH-]. The van der Waals surface area contributed by atoms with E-state index in [2.05, 4.69) is 0 Å². The Balaban J connectivity index is 0.00000196. The van der Waals surface area contributed by atoms with E-state index in [9.17, 15) is 0 Å². The number of rotatable bonds is 4. The van der Waals surface area contributed by atoms with Crippen LogP contribution < -0.4 is 0 Å². The highest BCUT2D eigenvalue weighted by Gasteiger charge is 2.53. The van der Waals surface area contributed by atoms with E-state index in [0.717, 1.165) is 24.2 Å². The van der Waals surface area contributed by atoms with Crippen LogP contribution in [0, 0.1) is 0 Å². The standard InChI is InChI=1S/C24H44N.H2O/c1-5-13-21(14-6-1)25(22-15-7-2-8-16-22,23-17-9-3-10-18-23)24-19-11-4-12-20-24;/h21-24H,1-20H2;1H2/q+1;/p-1. The summed E-state index contributed by atoms with van der Waals surface area (Å²) in [4.78, 5) is 0. The van der Waals surface area contributed by atoms with Crippen LogP contribution in [0.3, 0.4) is 0 Å². The predicted molar refractivity (Wildman–Crippen MR) is 110 cm³/mol. The molecule has 0 unspecified atom stereocenters. The Hall–Kier alpha value is -0.0800. The summed E-state index contributed by atoms with van der Waals surface area (Å²) in [5.74, 6) is 0. The molecule has 0 aromatic heterocycles. The molecule has 0 atom stereocenters. The van der Waals surface area contributed by atoms with Gasteiger partial charge in [0.2, 0.25) is 0 Å². The van der Waals surface area contributed by atoms with E-state index in [4.69, 9.17) is 0 Å². The molecule has 4 saturated carbocycles. The maximum atomic E-state index is 1.67. The van der Waals surface area contributed by atoms with Crippen molar-refractivity contribution in [1.29, 1.82) is 0 Å². The topological polar surface area (TPSA) is 30.0 Å². The van der Waals surface area contributed by atoms with Crippen molar-refractivity contribution >= 4 is 0 Å². The second-order valence-corrected chi connectivity index (χ2v) is 10.1. The Morgan fingerprint density at radius 1 is 0.308 bits per heavy atom. The molecule has 0 spiro atoms. The molecule has 0 bridgehead atoms. The van der Waals surface area contributed by atoms with Gasteiger partial charge in [0.05, 0.1) is 24.2 Å². The van der Waals surface area contributed by atoms with Gasteiger partial charge in [0.1, 0.15) is 0 Å². The van der Waals surface area contributed by atoms with E-state index < -0.39 is 0 Å². The first-order valence-electron chi connectivity index (χ1n) is 12.3. The van der Waals surface area contributed by atoms with Crippen LogP contribution in [-0.2, 0) is 0 Å². The van der Waals surface area contributed by atoms with Crippen LogP contribution in [0.2, 0.25) is 0 Å². The minimum Gasteiger partial charge on any atom is -0.870 e. The number of hydrogen-bond donors (Lipinski definition) is 0. The zero-order valence-corrected chi connectivity index (χ0v) is 17.3. The molecule has 4 fully saturated rings. The normalized spacial score (nSPS) is 28.6. The first-order chi connectivity index (χ1) is 12.4. The van der Waals surface area contributed by atoms with Crippen LogP contribution in [-0.4, -0.2) is 34.1 Å². The van der Waals surface area contributed by atoms with Crippen molar-refractivity contribution < 1.29 is 9.96 Å². The summed E-state index contributed by atoms with van der Waals surface area (Å²) >= 11 is 0. The summed E-state index contributed by atoms with van der Waals surface area (Å²) in [6.45, 7) is 0. The third-order valence-electron chi connectivity index (χ3n) is 8.83. The smallest absolute Gasteiger partial charge is 0.0896 e. The average Bonchev–Trinajstić information content (AvgIpc) is 2.72. The van der Waals surface area contributed by atoms with Crippen molar-refractivity contribution in [2.45, 2.75) is 153 Å². The molecule has 0 aliphatic heterocycles. The van der Waals surface area contributed by atoms with Gasteiger partial charge in [-0.1, -0.05) is 25.7 Å². The lowest BCUT2D eigenvalue weighted by Crippen LogP contribution is -2.72. The summed E-state index contributed by atoms with van der Waals surface area (Å²) in [6, 6.07) is 4.18. The Morgan fingerprint density at radius 3 is 0.692 bits per heavy atom. The van der Waals surface area contributed by atoms with Crippen LogP contribution in [0.25, 0.3) is 0 Å². The van der Waals surface area contributed by atoms with Crippen molar-refractivity contribution in [1.82, 2.24) is 0 Å². The van der Waals surface area contributed by atoms with E-state index in [1.807, 2.05) is 0 Å². The molecule has 26 heavy (non-hydrogen) atoms. The van der Waals surface area contributed by atoms with E-state index in [1.165, 1.54) is 77.0 Å². The van der Waals surface area contributed by atoms with Crippen LogP contribution in [0.15, 0.2) is 0 Å². The van der Waals surface area contributed by atoms with Crippen LogP contribution in [0.5, 0.6) is 0 Å². The fraction of sp³-hybridized carbons (Fsp3) is 1.00. The molecule has 0 heterocycles. The van der Waals surface area contributed by atoms with Crippen molar-refractivity contribution in [3.05, 3.63) is 0 Å². The molecule has 152 valence electrons. The van der Waals surface area contributed by atoms with Gasteiger partial charge < -0.3 is 9.96 Å². The van der Waals surface area contributed by atoms with E-state index >= 15 is 0 Å². The molecular weight excluding hydrogens is 318 g/mol. The highest BCUT2D eigenvalue weighted by atomic mass is 16.0. The Labute approximate surface area is 163 Å². The van der Waals surface area contributed by atoms with E-state index in [1.54, 1.807) is 55.8 Å². The number of hydrogen-bond acceptors (Lipinski definition) is 1. The van der Waals surface area contributed by atoms with Gasteiger partial charge in [0.25, 0.3) is 0 Å². The highest BCUT2D eigenvalue weighted by Crippen LogP contribution is 2.47. The molecule has 4 aliphatic carbocycles. The van der Waals surface area contributed by atoms with Gasteiger partial charge in [-0.15, -0.1) is 0 Å². The molecule has 0 amide bonds. The van der Waals surface area contributed by atoms with Gasteiger partial charge in [0, 0.05) is 0 Å². The Kier molecular flexibility index (Phi) is 7.88. The van der Waals surface area contributed by atoms with Crippen molar-refractivity contribution in [3.63, 3.8) is 0 Å². The lowest BCUT2D eigenvalue weighted by molar-refractivity contribution is -1.02. The second kappa shape index (κ2) is 9.92. The predicted octanol–water partition coefficient (Wildman–Crippen LogP) is 6.96. The fourth-order valence-corrected chi connectivity index (χ4v) is 7.90. The third-order valence-corrected chi connectivity index (χ3v) is 8.83. The maximum absolute atomic E-state index is 1.67. The summed E-state index contributed by atoms with van der Waals surface area (Å²) in [6.07, 6.45) is 31.0. The number of nitrogens with zero attached hydrogens (tertiary/aromatic N) is 1. The van der Waals surface area contributed by atoms with E-state index in [-0.39, 0.29) is 5.48 Å². The monoisotopic (exact) mass is 363 g/mol. The molecule has 2 nitrogen and oxygen atoms in total. The molecule has 1 N–H and O–H groups in total. The summed E-state index contributed by atoms with van der Waals surface area (Å²) in [5, 5.41) is 0. The van der Waals surface area contributed by atoms with Crippen molar-refractivity contribution in [2.24, 2.45) is 0 Å². The number of quaternary nitrogens is 1. The minimum atomic E-state index is 0. The van der Waals surface area contributed by atoms with E-state index in [0.29, 0.717) is 0 Å². The average molecular weight is 364 g/mol. The quantitative estimate of drug-likeness (QED) is 0.497. The zero-order chi connectivity index (χ0) is 17.0. The van der Waals surface area contributed by atoms with Crippen LogP contribution in [0.4, 0.5) is 0 Å². The molecule has 4 aliphatic rings. The first kappa shape index (κ1) is 20.6. The van der Waals surface area contributed by atoms with Crippen molar-refractivity contribution in [3.8, 4) is 0 Å². The fourth-order valence-electron chi connectivity index (χ4n) is 7.90. The molecule has 0 aromatic rings.